The maximum atomic E-state index is 12.9. The van der Waals surface area contributed by atoms with Crippen molar-refractivity contribution < 1.29 is 18.8 Å². The lowest BCUT2D eigenvalue weighted by atomic mass is 9.89. The summed E-state index contributed by atoms with van der Waals surface area (Å²) in [5.74, 6) is -1.34. The van der Waals surface area contributed by atoms with Gasteiger partial charge in [-0.1, -0.05) is 0 Å². The molecule has 3 heterocycles. The summed E-state index contributed by atoms with van der Waals surface area (Å²) in [5.41, 5.74) is -0.491. The average Bonchev–Trinajstić information content (AvgIpc) is 2.94. The molecule has 1 N–H and O–H groups in total. The number of nitrogens with zero attached hydrogens (tertiary/aromatic N) is 4. The fraction of sp³-hybridized carbons (Fsp3) is 0.611. The zero-order valence-corrected chi connectivity index (χ0v) is 15.6. The Kier molecular flexibility index (Phi) is 5.38. The first-order chi connectivity index (χ1) is 12.8. The van der Waals surface area contributed by atoms with Crippen LogP contribution in [0.5, 0.6) is 0 Å². The number of piperidine rings is 1. The van der Waals surface area contributed by atoms with Gasteiger partial charge in [0.2, 0.25) is 17.6 Å². The Morgan fingerprint density at radius 1 is 1.26 bits per heavy atom. The smallest absolute Gasteiger partial charge is 0.289 e. The number of carbonyl (C=O) groups is 3. The van der Waals surface area contributed by atoms with E-state index in [1.807, 2.05) is 6.92 Å². The molecule has 2 saturated heterocycles. The SMILES string of the molecule is CN1CCC(CC(=O)N2CCC(C)(NC(=O)c3ncc(F)cn3)CC2)C1=O. The molecule has 27 heavy (non-hydrogen) atoms. The van der Waals surface area contributed by atoms with Crippen molar-refractivity contribution in [1.29, 1.82) is 0 Å². The first-order valence-electron chi connectivity index (χ1n) is 9.10. The molecule has 3 amide bonds. The summed E-state index contributed by atoms with van der Waals surface area (Å²) in [5, 5.41) is 2.89. The van der Waals surface area contributed by atoms with E-state index in [2.05, 4.69) is 15.3 Å². The molecule has 146 valence electrons. The third-order valence-electron chi connectivity index (χ3n) is 5.42. The molecular weight excluding hydrogens is 353 g/mol. The van der Waals surface area contributed by atoms with Gasteiger partial charge in [-0.25, -0.2) is 14.4 Å². The molecule has 8 nitrogen and oxygen atoms in total. The monoisotopic (exact) mass is 377 g/mol. The van der Waals surface area contributed by atoms with Crippen molar-refractivity contribution >= 4 is 17.7 Å². The Morgan fingerprint density at radius 3 is 2.44 bits per heavy atom. The van der Waals surface area contributed by atoms with Crippen LogP contribution in [0.4, 0.5) is 4.39 Å². The van der Waals surface area contributed by atoms with Crippen LogP contribution in [0.15, 0.2) is 12.4 Å². The maximum Gasteiger partial charge on any atom is 0.289 e. The predicted molar refractivity (Wildman–Crippen MR) is 94.0 cm³/mol. The van der Waals surface area contributed by atoms with Crippen molar-refractivity contribution in [3.8, 4) is 0 Å². The highest BCUT2D eigenvalue weighted by atomic mass is 19.1. The number of carbonyl (C=O) groups excluding carboxylic acids is 3. The molecule has 1 unspecified atom stereocenters. The van der Waals surface area contributed by atoms with Crippen molar-refractivity contribution in [2.45, 2.75) is 38.1 Å². The molecule has 1 aromatic rings. The third kappa shape index (κ3) is 4.40. The van der Waals surface area contributed by atoms with E-state index in [1.165, 1.54) is 0 Å². The highest BCUT2D eigenvalue weighted by Crippen LogP contribution is 2.25. The normalized spacial score (nSPS) is 22.0. The number of amides is 3. The average molecular weight is 377 g/mol. The van der Waals surface area contributed by atoms with E-state index in [0.717, 1.165) is 18.8 Å². The number of hydrogen-bond acceptors (Lipinski definition) is 5. The van der Waals surface area contributed by atoms with Crippen molar-refractivity contribution in [2.24, 2.45) is 5.92 Å². The van der Waals surface area contributed by atoms with Gasteiger partial charge in [0, 0.05) is 44.6 Å². The topological polar surface area (TPSA) is 95.5 Å². The highest BCUT2D eigenvalue weighted by Gasteiger charge is 2.36. The van der Waals surface area contributed by atoms with Gasteiger partial charge in [-0.05, 0) is 26.2 Å². The van der Waals surface area contributed by atoms with Gasteiger partial charge in [0.15, 0.2) is 5.82 Å². The van der Waals surface area contributed by atoms with E-state index < -0.39 is 17.3 Å². The number of aromatic nitrogens is 2. The molecule has 2 aliphatic heterocycles. The van der Waals surface area contributed by atoms with E-state index in [1.54, 1.807) is 16.8 Å². The number of nitrogens with one attached hydrogen (secondary N) is 1. The summed E-state index contributed by atoms with van der Waals surface area (Å²) in [6.07, 6.45) is 4.05. The van der Waals surface area contributed by atoms with Crippen LogP contribution in [0.2, 0.25) is 0 Å². The Morgan fingerprint density at radius 2 is 1.89 bits per heavy atom. The summed E-state index contributed by atoms with van der Waals surface area (Å²) >= 11 is 0. The van der Waals surface area contributed by atoms with Crippen molar-refractivity contribution in [2.75, 3.05) is 26.7 Å². The number of halogens is 1. The first kappa shape index (κ1) is 19.2. The third-order valence-corrected chi connectivity index (χ3v) is 5.42. The lowest BCUT2D eigenvalue weighted by Gasteiger charge is -2.40. The Bertz CT molecular complexity index is 731. The van der Waals surface area contributed by atoms with Crippen molar-refractivity contribution in [3.05, 3.63) is 24.0 Å². The number of hydrogen-bond donors (Lipinski definition) is 1. The molecule has 1 atom stereocenters. The fourth-order valence-corrected chi connectivity index (χ4v) is 3.56. The molecule has 3 rings (SSSR count). The molecule has 9 heteroatoms. The van der Waals surface area contributed by atoms with E-state index in [9.17, 15) is 18.8 Å². The highest BCUT2D eigenvalue weighted by molar-refractivity contribution is 5.91. The summed E-state index contributed by atoms with van der Waals surface area (Å²) < 4.78 is 12.9. The Labute approximate surface area is 157 Å². The Hall–Kier alpha value is -2.58. The van der Waals surface area contributed by atoms with Crippen LogP contribution in [0, 0.1) is 11.7 Å². The minimum Gasteiger partial charge on any atom is -0.345 e. The van der Waals surface area contributed by atoms with E-state index >= 15 is 0 Å². The van der Waals surface area contributed by atoms with Gasteiger partial charge in [-0.3, -0.25) is 14.4 Å². The molecule has 1 aromatic heterocycles. The lowest BCUT2D eigenvalue weighted by Crippen LogP contribution is -2.54. The summed E-state index contributed by atoms with van der Waals surface area (Å²) in [7, 11) is 1.76. The largest absolute Gasteiger partial charge is 0.345 e. The quantitative estimate of drug-likeness (QED) is 0.829. The van der Waals surface area contributed by atoms with Crippen LogP contribution >= 0.6 is 0 Å². The molecule has 0 bridgehead atoms. The van der Waals surface area contributed by atoms with Gasteiger partial charge in [0.25, 0.3) is 5.91 Å². The van der Waals surface area contributed by atoms with Crippen LogP contribution in [-0.4, -0.2) is 69.7 Å². The van der Waals surface area contributed by atoms with Crippen molar-refractivity contribution in [1.82, 2.24) is 25.1 Å². The molecule has 0 aliphatic carbocycles. The van der Waals surface area contributed by atoms with Gasteiger partial charge in [-0.2, -0.15) is 0 Å². The van der Waals surface area contributed by atoms with Gasteiger partial charge in [-0.15, -0.1) is 0 Å². The first-order valence-corrected chi connectivity index (χ1v) is 9.10. The van der Waals surface area contributed by atoms with Gasteiger partial charge in [0.05, 0.1) is 12.4 Å². The predicted octanol–water partition coefficient (Wildman–Crippen LogP) is 0.595. The summed E-state index contributed by atoms with van der Waals surface area (Å²) in [6, 6.07) is 0. The molecule has 0 spiro atoms. The zero-order chi connectivity index (χ0) is 19.6. The van der Waals surface area contributed by atoms with Crippen LogP contribution in [-0.2, 0) is 9.59 Å². The van der Waals surface area contributed by atoms with Crippen LogP contribution in [0.25, 0.3) is 0 Å². The van der Waals surface area contributed by atoms with Gasteiger partial charge in [0.1, 0.15) is 0 Å². The fourth-order valence-electron chi connectivity index (χ4n) is 3.56. The minimum absolute atomic E-state index is 0.0149. The molecular formula is C18H24FN5O3. The van der Waals surface area contributed by atoms with E-state index in [-0.39, 0.29) is 30.0 Å². The summed E-state index contributed by atoms with van der Waals surface area (Å²) in [4.78, 5) is 47.5. The minimum atomic E-state index is -0.600. The number of likely N-dealkylation sites (tertiary alicyclic amines) is 2. The molecule has 2 aliphatic rings. The Balaban J connectivity index is 1.51. The lowest BCUT2D eigenvalue weighted by molar-refractivity contribution is -0.138. The number of rotatable bonds is 4. The second kappa shape index (κ2) is 7.58. The van der Waals surface area contributed by atoms with Gasteiger partial charge < -0.3 is 15.1 Å². The van der Waals surface area contributed by atoms with Gasteiger partial charge >= 0.3 is 0 Å². The van der Waals surface area contributed by atoms with Crippen LogP contribution in [0.1, 0.15) is 43.2 Å². The molecule has 2 fully saturated rings. The standard InChI is InChI=1S/C18H24FN5O3/c1-18(22-16(26)15-20-10-13(19)11-21-15)4-7-24(8-5-18)14(25)9-12-3-6-23(2)17(12)27/h10-12H,3-9H2,1-2H3,(H,22,26). The molecule has 0 saturated carbocycles. The van der Waals surface area contributed by atoms with Crippen LogP contribution < -0.4 is 5.32 Å². The maximum absolute atomic E-state index is 12.9. The second-order valence-corrected chi connectivity index (χ2v) is 7.57. The zero-order valence-electron chi connectivity index (χ0n) is 15.6. The van der Waals surface area contributed by atoms with E-state index in [4.69, 9.17) is 0 Å². The summed E-state index contributed by atoms with van der Waals surface area (Å²) in [6.45, 7) is 3.63. The van der Waals surface area contributed by atoms with Crippen LogP contribution in [0.3, 0.4) is 0 Å². The van der Waals surface area contributed by atoms with E-state index in [0.29, 0.717) is 32.5 Å². The second-order valence-electron chi connectivity index (χ2n) is 7.57. The molecule has 0 radical (unpaired) electrons. The molecule has 0 aromatic carbocycles. The van der Waals surface area contributed by atoms with Crippen molar-refractivity contribution in [3.63, 3.8) is 0 Å².